The van der Waals surface area contributed by atoms with Crippen molar-refractivity contribution in [3.63, 3.8) is 0 Å². The van der Waals surface area contributed by atoms with E-state index in [2.05, 4.69) is 20.4 Å². The highest BCUT2D eigenvalue weighted by Crippen LogP contribution is 2.21. The topological polar surface area (TPSA) is 63.2 Å². The van der Waals surface area contributed by atoms with E-state index in [1.165, 1.54) is 7.11 Å². The number of rotatable bonds is 4. The summed E-state index contributed by atoms with van der Waals surface area (Å²) in [4.78, 5) is 15.5. The molecular weight excluding hydrogens is 322 g/mol. The first-order valence-electron chi connectivity index (χ1n) is 6.42. The lowest BCUT2D eigenvalue weighted by Gasteiger charge is -2.12. The normalized spacial score (nSPS) is 9.91. The molecule has 0 aliphatic carbocycles. The van der Waals surface area contributed by atoms with Crippen LogP contribution in [0.1, 0.15) is 15.9 Å². The summed E-state index contributed by atoms with van der Waals surface area (Å²) >= 11 is 11.2. The van der Waals surface area contributed by atoms with E-state index in [0.29, 0.717) is 22.4 Å². The smallest absolute Gasteiger partial charge is 0.339 e. The molecule has 0 saturated carbocycles. The Morgan fingerprint density at radius 3 is 2.73 bits per heavy atom. The van der Waals surface area contributed by atoms with Gasteiger partial charge in [0, 0.05) is 24.6 Å². The standard InChI is InChI=1S/C15H14ClN3O2S/c1-21-14(20)12-8-11(2-3-13(12)16)19-15(22)18-9-10-4-6-17-7-5-10/h2-8H,9H2,1H3,(H2,18,19,22). The highest BCUT2D eigenvalue weighted by atomic mass is 35.5. The highest BCUT2D eigenvalue weighted by Gasteiger charge is 2.11. The molecule has 0 amide bonds. The maximum atomic E-state index is 11.6. The van der Waals surface area contributed by atoms with E-state index in [1.54, 1.807) is 30.6 Å². The van der Waals surface area contributed by atoms with Crippen LogP contribution in [-0.2, 0) is 11.3 Å². The van der Waals surface area contributed by atoms with Gasteiger partial charge in [0.15, 0.2) is 5.11 Å². The lowest BCUT2D eigenvalue weighted by Crippen LogP contribution is -2.28. The van der Waals surface area contributed by atoms with Crippen LogP contribution in [0.3, 0.4) is 0 Å². The van der Waals surface area contributed by atoms with Gasteiger partial charge in [0.05, 0.1) is 17.7 Å². The number of carbonyl (C=O) groups excluding carboxylic acids is 1. The second kappa shape index (κ2) is 7.72. The van der Waals surface area contributed by atoms with Gasteiger partial charge in [-0.15, -0.1) is 0 Å². The number of esters is 1. The number of benzene rings is 1. The minimum absolute atomic E-state index is 0.283. The average Bonchev–Trinajstić information content (AvgIpc) is 2.55. The predicted molar refractivity (Wildman–Crippen MR) is 90.1 cm³/mol. The van der Waals surface area contributed by atoms with Crippen LogP contribution in [0.2, 0.25) is 5.02 Å². The van der Waals surface area contributed by atoms with Gasteiger partial charge in [-0.05, 0) is 48.1 Å². The zero-order valence-electron chi connectivity index (χ0n) is 11.8. The monoisotopic (exact) mass is 335 g/mol. The molecule has 2 rings (SSSR count). The Morgan fingerprint density at radius 2 is 2.05 bits per heavy atom. The van der Waals surface area contributed by atoms with E-state index in [4.69, 9.17) is 23.8 Å². The van der Waals surface area contributed by atoms with Gasteiger partial charge in [-0.1, -0.05) is 11.6 Å². The number of carbonyl (C=O) groups is 1. The van der Waals surface area contributed by atoms with Gasteiger partial charge < -0.3 is 15.4 Å². The molecule has 1 aromatic carbocycles. The third-order valence-electron chi connectivity index (χ3n) is 2.83. The Labute approximate surface area is 138 Å². The van der Waals surface area contributed by atoms with E-state index in [0.717, 1.165) is 5.56 Å². The molecule has 0 atom stereocenters. The van der Waals surface area contributed by atoms with Crippen molar-refractivity contribution >= 4 is 40.6 Å². The predicted octanol–water partition coefficient (Wildman–Crippen LogP) is 3.01. The molecule has 2 N–H and O–H groups in total. The van der Waals surface area contributed by atoms with E-state index < -0.39 is 5.97 Å². The molecule has 0 aliphatic heterocycles. The fourth-order valence-corrected chi connectivity index (χ4v) is 2.11. The van der Waals surface area contributed by atoms with Crippen molar-refractivity contribution in [2.75, 3.05) is 12.4 Å². The first kappa shape index (κ1) is 16.2. The molecule has 7 heteroatoms. The Bertz CT molecular complexity index is 680. The number of hydrogen-bond donors (Lipinski definition) is 2. The summed E-state index contributed by atoms with van der Waals surface area (Å²) in [5.41, 5.74) is 1.99. The van der Waals surface area contributed by atoms with E-state index >= 15 is 0 Å². The van der Waals surface area contributed by atoms with Gasteiger partial charge in [-0.2, -0.15) is 0 Å². The number of aromatic nitrogens is 1. The van der Waals surface area contributed by atoms with E-state index in [1.807, 2.05) is 12.1 Å². The van der Waals surface area contributed by atoms with Crippen molar-refractivity contribution in [3.8, 4) is 0 Å². The van der Waals surface area contributed by atoms with Crippen LogP contribution in [0.15, 0.2) is 42.7 Å². The summed E-state index contributed by atoms with van der Waals surface area (Å²) in [5, 5.41) is 6.83. The van der Waals surface area contributed by atoms with Crippen LogP contribution in [0, 0.1) is 0 Å². The molecular formula is C15H14ClN3O2S. The Kier molecular flexibility index (Phi) is 5.68. The lowest BCUT2D eigenvalue weighted by atomic mass is 10.2. The molecule has 114 valence electrons. The highest BCUT2D eigenvalue weighted by molar-refractivity contribution is 7.80. The summed E-state index contributed by atoms with van der Waals surface area (Å²) in [6, 6.07) is 8.73. The number of hydrogen-bond acceptors (Lipinski definition) is 4. The average molecular weight is 336 g/mol. The van der Waals surface area contributed by atoms with Crippen LogP contribution in [0.4, 0.5) is 5.69 Å². The second-order valence-corrected chi connectivity index (χ2v) is 5.16. The number of methoxy groups -OCH3 is 1. The largest absolute Gasteiger partial charge is 0.465 e. The van der Waals surface area contributed by atoms with Crippen molar-refractivity contribution in [2.24, 2.45) is 0 Å². The molecule has 0 aliphatic rings. The van der Waals surface area contributed by atoms with Crippen LogP contribution < -0.4 is 10.6 Å². The number of anilines is 1. The molecule has 0 fully saturated rings. The van der Waals surface area contributed by atoms with Crippen molar-refractivity contribution in [1.82, 2.24) is 10.3 Å². The molecule has 0 spiro atoms. The molecule has 0 radical (unpaired) electrons. The molecule has 1 aromatic heterocycles. The summed E-state index contributed by atoms with van der Waals surface area (Å²) in [6.45, 7) is 0.575. The SMILES string of the molecule is COC(=O)c1cc(NC(=S)NCc2ccncc2)ccc1Cl. The number of ether oxygens (including phenoxy) is 1. The second-order valence-electron chi connectivity index (χ2n) is 4.35. The Morgan fingerprint density at radius 1 is 1.32 bits per heavy atom. The third-order valence-corrected chi connectivity index (χ3v) is 3.41. The van der Waals surface area contributed by atoms with E-state index in [9.17, 15) is 4.79 Å². The maximum absolute atomic E-state index is 11.6. The maximum Gasteiger partial charge on any atom is 0.339 e. The number of thiocarbonyl (C=S) groups is 1. The quantitative estimate of drug-likeness (QED) is 0.661. The minimum Gasteiger partial charge on any atom is -0.465 e. The fourth-order valence-electron chi connectivity index (χ4n) is 1.73. The third kappa shape index (κ3) is 4.41. The Balaban J connectivity index is 1.98. The van der Waals surface area contributed by atoms with Gasteiger partial charge in [0.2, 0.25) is 0 Å². The van der Waals surface area contributed by atoms with Crippen LogP contribution >= 0.6 is 23.8 Å². The van der Waals surface area contributed by atoms with E-state index in [-0.39, 0.29) is 5.56 Å². The summed E-state index contributed by atoms with van der Waals surface area (Å²) < 4.78 is 4.68. The van der Waals surface area contributed by atoms with Crippen molar-refractivity contribution in [3.05, 3.63) is 58.9 Å². The number of nitrogens with one attached hydrogen (secondary N) is 2. The lowest BCUT2D eigenvalue weighted by molar-refractivity contribution is 0.0601. The van der Waals surface area contributed by atoms with Crippen molar-refractivity contribution < 1.29 is 9.53 Å². The Hall–Kier alpha value is -2.18. The number of halogens is 1. The van der Waals surface area contributed by atoms with Crippen molar-refractivity contribution in [2.45, 2.75) is 6.54 Å². The van der Waals surface area contributed by atoms with Crippen LogP contribution in [0.25, 0.3) is 0 Å². The van der Waals surface area contributed by atoms with Crippen molar-refractivity contribution in [1.29, 1.82) is 0 Å². The molecule has 5 nitrogen and oxygen atoms in total. The minimum atomic E-state index is -0.496. The summed E-state index contributed by atoms with van der Waals surface area (Å²) in [6.07, 6.45) is 3.44. The number of nitrogens with zero attached hydrogens (tertiary/aromatic N) is 1. The first-order valence-corrected chi connectivity index (χ1v) is 7.20. The van der Waals surface area contributed by atoms with Crippen LogP contribution in [-0.4, -0.2) is 23.2 Å². The zero-order valence-corrected chi connectivity index (χ0v) is 13.4. The first-order chi connectivity index (χ1) is 10.6. The summed E-state index contributed by atoms with van der Waals surface area (Å²) in [7, 11) is 1.31. The van der Waals surface area contributed by atoms with Gasteiger partial charge in [0.25, 0.3) is 0 Å². The molecule has 1 heterocycles. The van der Waals surface area contributed by atoms with Crippen LogP contribution in [0.5, 0.6) is 0 Å². The van der Waals surface area contributed by atoms with Gasteiger partial charge in [0.1, 0.15) is 0 Å². The molecule has 22 heavy (non-hydrogen) atoms. The zero-order chi connectivity index (χ0) is 15.9. The molecule has 0 saturated heterocycles. The fraction of sp³-hybridized carbons (Fsp3) is 0.133. The number of pyridine rings is 1. The molecule has 0 bridgehead atoms. The van der Waals surface area contributed by atoms with Gasteiger partial charge in [-0.3, -0.25) is 4.98 Å². The summed E-state index contributed by atoms with van der Waals surface area (Å²) in [5.74, 6) is -0.496. The molecule has 0 unspecified atom stereocenters. The van der Waals surface area contributed by atoms with Gasteiger partial charge >= 0.3 is 5.97 Å². The van der Waals surface area contributed by atoms with Gasteiger partial charge in [-0.25, -0.2) is 4.79 Å². The molecule has 2 aromatic rings.